The van der Waals surface area contributed by atoms with E-state index < -0.39 is 0 Å². The van der Waals surface area contributed by atoms with Crippen LogP contribution in [-0.4, -0.2) is 12.1 Å². The van der Waals surface area contributed by atoms with E-state index >= 15 is 0 Å². The largest absolute Gasteiger partial charge is 0.491 e. The minimum atomic E-state index is -0.233. The van der Waals surface area contributed by atoms with Gasteiger partial charge >= 0.3 is 0 Å². The van der Waals surface area contributed by atoms with Gasteiger partial charge < -0.3 is 10.5 Å². The molecule has 0 heterocycles. The van der Waals surface area contributed by atoms with Crippen LogP contribution in [0, 0.1) is 12.7 Å². The summed E-state index contributed by atoms with van der Waals surface area (Å²) >= 11 is 0. The van der Waals surface area contributed by atoms with Gasteiger partial charge in [-0.15, -0.1) is 0 Å². The van der Waals surface area contributed by atoms with Crippen LogP contribution in [0.15, 0.2) is 18.2 Å². The Morgan fingerprint density at radius 2 is 2.21 bits per heavy atom. The summed E-state index contributed by atoms with van der Waals surface area (Å²) in [6.07, 6.45) is 2.04. The van der Waals surface area contributed by atoms with Crippen molar-refractivity contribution in [2.75, 3.05) is 6.61 Å². The van der Waals surface area contributed by atoms with Crippen molar-refractivity contribution in [2.24, 2.45) is 5.73 Å². The first-order valence-electron chi connectivity index (χ1n) is 4.77. The Labute approximate surface area is 82.9 Å². The Morgan fingerprint density at radius 3 is 2.79 bits per heavy atom. The number of hydrogen-bond acceptors (Lipinski definition) is 2. The van der Waals surface area contributed by atoms with Gasteiger partial charge in [-0.2, -0.15) is 0 Å². The minimum Gasteiger partial charge on any atom is -0.491 e. The molecule has 0 spiro atoms. The van der Waals surface area contributed by atoms with Crippen molar-refractivity contribution >= 4 is 0 Å². The van der Waals surface area contributed by atoms with Crippen LogP contribution >= 0.6 is 0 Å². The van der Waals surface area contributed by atoms with Gasteiger partial charge in [0.2, 0.25) is 0 Å². The van der Waals surface area contributed by atoms with Crippen LogP contribution in [-0.2, 0) is 0 Å². The van der Waals surface area contributed by atoms with E-state index in [9.17, 15) is 4.39 Å². The predicted octanol–water partition coefficient (Wildman–Crippen LogP) is 2.00. The molecule has 0 aliphatic heterocycles. The van der Waals surface area contributed by atoms with Crippen molar-refractivity contribution in [1.29, 1.82) is 0 Å². The minimum absolute atomic E-state index is 0.124. The topological polar surface area (TPSA) is 35.2 Å². The lowest BCUT2D eigenvalue weighted by molar-refractivity contribution is 0.277. The molecule has 0 unspecified atom stereocenters. The summed E-state index contributed by atoms with van der Waals surface area (Å²) in [6.45, 7) is 2.36. The van der Waals surface area contributed by atoms with Gasteiger partial charge in [0.05, 0.1) is 5.54 Å². The summed E-state index contributed by atoms with van der Waals surface area (Å²) in [6, 6.07) is 4.51. The molecule has 1 aliphatic rings. The second kappa shape index (κ2) is 3.24. The first-order valence-corrected chi connectivity index (χ1v) is 4.77. The van der Waals surface area contributed by atoms with Crippen LogP contribution in [0.1, 0.15) is 18.4 Å². The van der Waals surface area contributed by atoms with Gasteiger partial charge in [0.1, 0.15) is 18.2 Å². The summed E-state index contributed by atoms with van der Waals surface area (Å²) in [5.74, 6) is 0.492. The fourth-order valence-electron chi connectivity index (χ4n) is 1.30. The highest BCUT2D eigenvalue weighted by Crippen LogP contribution is 2.33. The molecule has 0 aromatic heterocycles. The van der Waals surface area contributed by atoms with Crippen molar-refractivity contribution < 1.29 is 9.13 Å². The Bertz CT molecular complexity index is 347. The zero-order valence-electron chi connectivity index (χ0n) is 8.22. The van der Waals surface area contributed by atoms with Gasteiger partial charge in [-0.05, 0) is 43.5 Å². The Balaban J connectivity index is 2.02. The van der Waals surface area contributed by atoms with Crippen LogP contribution in [0.2, 0.25) is 0 Å². The Kier molecular flexibility index (Phi) is 2.19. The maximum absolute atomic E-state index is 12.8. The molecule has 3 heteroatoms. The monoisotopic (exact) mass is 195 g/mol. The Morgan fingerprint density at radius 1 is 1.50 bits per heavy atom. The van der Waals surface area contributed by atoms with Gasteiger partial charge in [-0.25, -0.2) is 4.39 Å². The number of hydrogen-bond donors (Lipinski definition) is 1. The molecule has 0 radical (unpaired) electrons. The van der Waals surface area contributed by atoms with E-state index in [0.717, 1.165) is 24.2 Å². The summed E-state index contributed by atoms with van der Waals surface area (Å²) in [4.78, 5) is 0. The number of halogens is 1. The fourth-order valence-corrected chi connectivity index (χ4v) is 1.30. The molecule has 14 heavy (non-hydrogen) atoms. The number of aryl methyl sites for hydroxylation is 1. The highest BCUT2D eigenvalue weighted by Gasteiger charge is 2.39. The second-order valence-corrected chi connectivity index (χ2v) is 4.06. The fraction of sp³-hybridized carbons (Fsp3) is 0.455. The van der Waals surface area contributed by atoms with E-state index in [0.29, 0.717) is 6.61 Å². The molecule has 0 saturated heterocycles. The van der Waals surface area contributed by atoms with E-state index in [1.807, 2.05) is 6.92 Å². The molecular weight excluding hydrogens is 181 g/mol. The van der Waals surface area contributed by atoms with Crippen molar-refractivity contribution in [3.63, 3.8) is 0 Å². The number of benzene rings is 1. The number of ether oxygens (including phenoxy) is 1. The third kappa shape index (κ3) is 2.04. The Hall–Kier alpha value is -1.09. The van der Waals surface area contributed by atoms with E-state index in [-0.39, 0.29) is 11.4 Å². The van der Waals surface area contributed by atoms with Gasteiger partial charge in [-0.1, -0.05) is 0 Å². The van der Waals surface area contributed by atoms with Crippen LogP contribution in [0.4, 0.5) is 4.39 Å². The van der Waals surface area contributed by atoms with E-state index in [4.69, 9.17) is 10.5 Å². The maximum Gasteiger partial charge on any atom is 0.123 e. The zero-order valence-corrected chi connectivity index (χ0v) is 8.22. The summed E-state index contributed by atoms with van der Waals surface area (Å²) < 4.78 is 18.3. The molecule has 2 N–H and O–H groups in total. The van der Waals surface area contributed by atoms with Crippen LogP contribution < -0.4 is 10.5 Å². The normalized spacial score (nSPS) is 17.9. The summed E-state index contributed by atoms with van der Waals surface area (Å²) in [5.41, 5.74) is 6.57. The standard InChI is InChI=1S/C11H14FNO/c1-8-6-9(12)2-3-10(8)14-7-11(13)4-5-11/h2-3,6H,4-5,7,13H2,1H3. The van der Waals surface area contributed by atoms with Crippen molar-refractivity contribution in [3.05, 3.63) is 29.6 Å². The van der Waals surface area contributed by atoms with Gasteiger partial charge in [0.25, 0.3) is 0 Å². The highest BCUT2D eigenvalue weighted by atomic mass is 19.1. The zero-order chi connectivity index (χ0) is 10.2. The van der Waals surface area contributed by atoms with Crippen LogP contribution in [0.5, 0.6) is 5.75 Å². The van der Waals surface area contributed by atoms with Crippen LogP contribution in [0.25, 0.3) is 0 Å². The third-order valence-corrected chi connectivity index (χ3v) is 2.54. The molecule has 2 rings (SSSR count). The molecule has 0 bridgehead atoms. The summed E-state index contributed by atoms with van der Waals surface area (Å²) in [7, 11) is 0. The van der Waals surface area contributed by atoms with Crippen molar-refractivity contribution in [1.82, 2.24) is 0 Å². The quantitative estimate of drug-likeness (QED) is 0.800. The van der Waals surface area contributed by atoms with Crippen LogP contribution in [0.3, 0.4) is 0 Å². The first-order chi connectivity index (χ1) is 6.59. The molecule has 1 aromatic carbocycles. The lowest BCUT2D eigenvalue weighted by atomic mass is 10.2. The molecule has 0 amide bonds. The highest BCUT2D eigenvalue weighted by molar-refractivity contribution is 5.32. The molecular formula is C11H14FNO. The summed E-state index contributed by atoms with van der Waals surface area (Å²) in [5, 5.41) is 0. The average Bonchev–Trinajstić information content (AvgIpc) is 2.83. The lowest BCUT2D eigenvalue weighted by Gasteiger charge is -2.12. The predicted molar refractivity (Wildman–Crippen MR) is 52.8 cm³/mol. The second-order valence-electron chi connectivity index (χ2n) is 4.06. The smallest absolute Gasteiger partial charge is 0.123 e. The van der Waals surface area contributed by atoms with Crippen molar-refractivity contribution in [2.45, 2.75) is 25.3 Å². The SMILES string of the molecule is Cc1cc(F)ccc1OCC1(N)CC1. The molecule has 1 fully saturated rings. The number of rotatable bonds is 3. The average molecular weight is 195 g/mol. The molecule has 1 saturated carbocycles. The molecule has 1 aromatic rings. The molecule has 0 atom stereocenters. The van der Waals surface area contributed by atoms with E-state index in [2.05, 4.69) is 0 Å². The molecule has 2 nitrogen and oxygen atoms in total. The van der Waals surface area contributed by atoms with Gasteiger partial charge in [-0.3, -0.25) is 0 Å². The van der Waals surface area contributed by atoms with E-state index in [1.165, 1.54) is 12.1 Å². The first kappa shape index (κ1) is 9.46. The molecule has 76 valence electrons. The van der Waals surface area contributed by atoms with Gasteiger partial charge in [0.15, 0.2) is 0 Å². The van der Waals surface area contributed by atoms with E-state index in [1.54, 1.807) is 6.07 Å². The molecule has 1 aliphatic carbocycles. The van der Waals surface area contributed by atoms with Gasteiger partial charge in [0, 0.05) is 0 Å². The number of nitrogens with two attached hydrogens (primary N) is 1. The van der Waals surface area contributed by atoms with Crippen molar-refractivity contribution in [3.8, 4) is 5.75 Å². The maximum atomic E-state index is 12.8. The third-order valence-electron chi connectivity index (χ3n) is 2.54. The lowest BCUT2D eigenvalue weighted by Crippen LogP contribution is -2.29.